The molecule has 1 fully saturated rings. The summed E-state index contributed by atoms with van der Waals surface area (Å²) in [6.45, 7) is 6.72. The van der Waals surface area contributed by atoms with Crippen LogP contribution in [0.1, 0.15) is 5.56 Å². The second-order valence-corrected chi connectivity index (χ2v) is 6.26. The predicted molar refractivity (Wildman–Crippen MR) is 95.6 cm³/mol. The Labute approximate surface area is 143 Å². The summed E-state index contributed by atoms with van der Waals surface area (Å²) in [6.07, 6.45) is 1.35. The molecule has 0 spiro atoms. The summed E-state index contributed by atoms with van der Waals surface area (Å²) in [5, 5.41) is 10.2. The van der Waals surface area contributed by atoms with Gasteiger partial charge in [0, 0.05) is 38.9 Å². The largest absolute Gasteiger partial charge is 0.491 e. The Morgan fingerprint density at radius 2 is 1.96 bits per heavy atom. The first-order valence-corrected chi connectivity index (χ1v) is 8.46. The van der Waals surface area contributed by atoms with Gasteiger partial charge in [0.1, 0.15) is 24.3 Å². The summed E-state index contributed by atoms with van der Waals surface area (Å²) in [4.78, 5) is 8.96. The first-order valence-electron chi connectivity index (χ1n) is 8.46. The van der Waals surface area contributed by atoms with Gasteiger partial charge in [-0.05, 0) is 36.8 Å². The molecule has 1 saturated heterocycles. The van der Waals surface area contributed by atoms with Gasteiger partial charge in [-0.2, -0.15) is 0 Å². The highest BCUT2D eigenvalue weighted by atomic mass is 16.5. The Balaban J connectivity index is 1.41. The lowest BCUT2D eigenvalue weighted by molar-refractivity contribution is 0.0662. The summed E-state index contributed by atoms with van der Waals surface area (Å²) in [7, 11) is 0. The lowest BCUT2D eigenvalue weighted by atomic mass is 10.2. The molecule has 0 unspecified atom stereocenters. The van der Waals surface area contributed by atoms with E-state index in [0.29, 0.717) is 13.2 Å². The third kappa shape index (κ3) is 4.69. The predicted octanol–water partition coefficient (Wildman–Crippen LogP) is 1.95. The van der Waals surface area contributed by atoms with E-state index in [9.17, 15) is 5.11 Å². The van der Waals surface area contributed by atoms with Crippen molar-refractivity contribution in [3.63, 3.8) is 0 Å². The van der Waals surface area contributed by atoms with Crippen LogP contribution in [0.4, 0.5) is 5.82 Å². The number of aliphatic hydroxyl groups is 1. The Hall–Kier alpha value is -2.11. The van der Waals surface area contributed by atoms with Crippen LogP contribution in [0.2, 0.25) is 0 Å². The fraction of sp³-hybridized carbons (Fsp3) is 0.421. The number of β-amino-alcohol motifs (C(OH)–C–C–N with tert-alkyl or cyclic N) is 1. The summed E-state index contributed by atoms with van der Waals surface area (Å²) >= 11 is 0. The maximum atomic E-state index is 10.2. The second-order valence-electron chi connectivity index (χ2n) is 6.26. The fourth-order valence-corrected chi connectivity index (χ4v) is 2.95. The van der Waals surface area contributed by atoms with E-state index in [1.54, 1.807) is 0 Å². The van der Waals surface area contributed by atoms with Crippen LogP contribution < -0.4 is 9.64 Å². The van der Waals surface area contributed by atoms with E-state index >= 15 is 0 Å². The number of hydrogen-bond donors (Lipinski definition) is 1. The highest BCUT2D eigenvalue weighted by Crippen LogP contribution is 2.14. The van der Waals surface area contributed by atoms with Crippen molar-refractivity contribution in [1.82, 2.24) is 9.88 Å². The molecule has 1 aromatic heterocycles. The molecule has 0 aliphatic carbocycles. The van der Waals surface area contributed by atoms with Crippen LogP contribution in [0.25, 0.3) is 0 Å². The Bertz CT molecular complexity index is 628. The number of hydrogen-bond acceptors (Lipinski definition) is 5. The van der Waals surface area contributed by atoms with Crippen molar-refractivity contribution in [3.05, 3.63) is 54.2 Å². The molecule has 24 heavy (non-hydrogen) atoms. The number of nitrogens with zero attached hydrogens (tertiary/aromatic N) is 3. The normalized spacial score (nSPS) is 16.8. The van der Waals surface area contributed by atoms with Gasteiger partial charge in [0.15, 0.2) is 0 Å². The van der Waals surface area contributed by atoms with E-state index in [4.69, 9.17) is 4.74 Å². The van der Waals surface area contributed by atoms with Crippen molar-refractivity contribution in [2.75, 3.05) is 44.2 Å². The molecule has 128 valence electrons. The third-order valence-corrected chi connectivity index (χ3v) is 4.25. The molecule has 2 aromatic rings. The summed E-state index contributed by atoms with van der Waals surface area (Å²) in [5.41, 5.74) is 1.16. The zero-order valence-corrected chi connectivity index (χ0v) is 14.1. The van der Waals surface area contributed by atoms with Crippen molar-refractivity contribution in [2.24, 2.45) is 0 Å². The van der Waals surface area contributed by atoms with Gasteiger partial charge in [0.25, 0.3) is 0 Å². The standard InChI is InChI=1S/C19H25N3O2/c1-16-5-4-6-18(13-16)24-15-17(23)14-21-9-11-22(12-10-21)19-7-2-3-8-20-19/h2-8,13,17,23H,9-12,14-15H2,1H3/t17-/m1/s1. The molecule has 0 amide bonds. The molecule has 1 aromatic carbocycles. The highest BCUT2D eigenvalue weighted by Gasteiger charge is 2.20. The van der Waals surface area contributed by atoms with Crippen LogP contribution in [-0.2, 0) is 0 Å². The molecule has 0 saturated carbocycles. The Morgan fingerprint density at radius 3 is 2.67 bits per heavy atom. The maximum absolute atomic E-state index is 10.2. The van der Waals surface area contributed by atoms with E-state index < -0.39 is 6.10 Å². The molecule has 3 rings (SSSR count). The summed E-state index contributed by atoms with van der Waals surface area (Å²) in [6, 6.07) is 13.9. The molecular formula is C19H25N3O2. The van der Waals surface area contributed by atoms with Crippen molar-refractivity contribution < 1.29 is 9.84 Å². The SMILES string of the molecule is Cc1cccc(OC[C@H](O)CN2CCN(c3ccccn3)CC2)c1. The minimum Gasteiger partial charge on any atom is -0.491 e. The van der Waals surface area contributed by atoms with Gasteiger partial charge >= 0.3 is 0 Å². The van der Waals surface area contributed by atoms with Crippen molar-refractivity contribution in [1.29, 1.82) is 0 Å². The van der Waals surface area contributed by atoms with Crippen molar-refractivity contribution in [3.8, 4) is 5.75 Å². The number of piperazine rings is 1. The van der Waals surface area contributed by atoms with Crippen LogP contribution in [0.15, 0.2) is 48.7 Å². The smallest absolute Gasteiger partial charge is 0.128 e. The topological polar surface area (TPSA) is 48.8 Å². The average molecular weight is 327 g/mol. The zero-order chi connectivity index (χ0) is 16.8. The number of aromatic nitrogens is 1. The monoisotopic (exact) mass is 327 g/mol. The number of ether oxygens (including phenoxy) is 1. The molecule has 1 N–H and O–H groups in total. The molecule has 1 aliphatic heterocycles. The Morgan fingerprint density at radius 1 is 1.12 bits per heavy atom. The van der Waals surface area contributed by atoms with Crippen LogP contribution >= 0.6 is 0 Å². The zero-order valence-electron chi connectivity index (χ0n) is 14.1. The van der Waals surface area contributed by atoms with Crippen LogP contribution in [0.5, 0.6) is 5.75 Å². The van der Waals surface area contributed by atoms with Gasteiger partial charge < -0.3 is 14.7 Å². The maximum Gasteiger partial charge on any atom is 0.128 e. The molecule has 0 bridgehead atoms. The van der Waals surface area contributed by atoms with Crippen molar-refractivity contribution >= 4 is 5.82 Å². The quantitative estimate of drug-likeness (QED) is 0.879. The lowest BCUT2D eigenvalue weighted by Crippen LogP contribution is -2.49. The van der Waals surface area contributed by atoms with Crippen LogP contribution in [0.3, 0.4) is 0 Å². The average Bonchev–Trinajstić information content (AvgIpc) is 2.61. The molecule has 5 nitrogen and oxygen atoms in total. The molecule has 1 aliphatic rings. The van der Waals surface area contributed by atoms with Gasteiger partial charge in [-0.1, -0.05) is 18.2 Å². The second kappa shape index (κ2) is 8.13. The van der Waals surface area contributed by atoms with Crippen molar-refractivity contribution in [2.45, 2.75) is 13.0 Å². The van der Waals surface area contributed by atoms with E-state index in [0.717, 1.165) is 43.3 Å². The van der Waals surface area contributed by atoms with E-state index in [-0.39, 0.29) is 0 Å². The molecule has 1 atom stereocenters. The molecule has 0 radical (unpaired) electrons. The van der Waals surface area contributed by atoms with E-state index in [1.165, 1.54) is 0 Å². The first kappa shape index (κ1) is 16.7. The van der Waals surface area contributed by atoms with Gasteiger partial charge in [0.2, 0.25) is 0 Å². The van der Waals surface area contributed by atoms with Gasteiger partial charge in [-0.3, -0.25) is 4.90 Å². The number of aryl methyl sites for hydroxylation is 1. The first-order chi connectivity index (χ1) is 11.7. The number of anilines is 1. The number of aliphatic hydroxyl groups excluding tert-OH is 1. The van der Waals surface area contributed by atoms with E-state index in [1.807, 2.05) is 55.6 Å². The molecule has 5 heteroatoms. The Kier molecular flexibility index (Phi) is 5.67. The molecule has 2 heterocycles. The summed E-state index contributed by atoms with van der Waals surface area (Å²) < 4.78 is 5.68. The van der Waals surface area contributed by atoms with Gasteiger partial charge in [-0.25, -0.2) is 4.98 Å². The van der Waals surface area contributed by atoms with Gasteiger partial charge in [0.05, 0.1) is 0 Å². The van der Waals surface area contributed by atoms with Gasteiger partial charge in [-0.15, -0.1) is 0 Å². The van der Waals surface area contributed by atoms with Crippen LogP contribution in [-0.4, -0.2) is 60.4 Å². The third-order valence-electron chi connectivity index (χ3n) is 4.25. The summed E-state index contributed by atoms with van der Waals surface area (Å²) in [5.74, 6) is 1.84. The number of rotatable bonds is 6. The van der Waals surface area contributed by atoms with E-state index in [2.05, 4.69) is 14.8 Å². The molecular weight excluding hydrogens is 302 g/mol. The highest BCUT2D eigenvalue weighted by molar-refractivity contribution is 5.38. The number of benzene rings is 1. The lowest BCUT2D eigenvalue weighted by Gasteiger charge is -2.36. The number of pyridine rings is 1. The minimum absolute atomic E-state index is 0.323. The minimum atomic E-state index is -0.480. The van der Waals surface area contributed by atoms with Crippen LogP contribution in [0, 0.1) is 6.92 Å². The fourth-order valence-electron chi connectivity index (χ4n) is 2.95.